The lowest BCUT2D eigenvalue weighted by atomic mass is 9.74. The molecule has 1 aromatic carbocycles. The summed E-state index contributed by atoms with van der Waals surface area (Å²) in [7, 11) is 0. The molecule has 0 aliphatic rings. The van der Waals surface area contributed by atoms with Gasteiger partial charge in [0.15, 0.2) is 0 Å². The molecule has 0 spiro atoms. The number of aromatic nitrogens is 1. The molecule has 0 radical (unpaired) electrons. The number of thioether (sulfide) groups is 1. The van der Waals surface area contributed by atoms with Gasteiger partial charge in [0, 0.05) is 24.7 Å². The fourth-order valence-electron chi connectivity index (χ4n) is 4.69. The van der Waals surface area contributed by atoms with Crippen LogP contribution in [-0.2, 0) is 16.0 Å². The van der Waals surface area contributed by atoms with E-state index in [1.165, 1.54) is 6.20 Å². The number of hydrogen-bond acceptors (Lipinski definition) is 7. The predicted octanol–water partition coefficient (Wildman–Crippen LogP) is 3.60. The zero-order valence-corrected chi connectivity index (χ0v) is 27.2. The monoisotopic (exact) mass is 614 g/mol. The van der Waals surface area contributed by atoms with Crippen LogP contribution in [0.2, 0.25) is 0 Å². The van der Waals surface area contributed by atoms with Crippen LogP contribution in [0.5, 0.6) is 0 Å². The Bertz CT molecular complexity index is 1130. The second kappa shape index (κ2) is 18.0. The van der Waals surface area contributed by atoms with Gasteiger partial charge in [-0.15, -0.1) is 0 Å². The number of pyridine rings is 1. The Balaban J connectivity index is 2.35. The topological polar surface area (TPSA) is 141 Å². The van der Waals surface area contributed by atoms with Gasteiger partial charge in [-0.2, -0.15) is 11.8 Å². The van der Waals surface area contributed by atoms with Gasteiger partial charge in [0.25, 0.3) is 5.91 Å². The Labute approximate surface area is 261 Å². The van der Waals surface area contributed by atoms with E-state index in [9.17, 15) is 24.6 Å². The number of aliphatic hydroxyl groups is 2. The van der Waals surface area contributed by atoms with Crippen LogP contribution < -0.4 is 16.0 Å². The predicted molar refractivity (Wildman–Crippen MR) is 173 cm³/mol. The van der Waals surface area contributed by atoms with Gasteiger partial charge in [0.05, 0.1) is 23.6 Å². The fourth-order valence-corrected chi connectivity index (χ4v) is 5.82. The highest BCUT2D eigenvalue weighted by atomic mass is 32.2. The van der Waals surface area contributed by atoms with E-state index in [2.05, 4.69) is 27.9 Å². The Kier molecular flexibility index (Phi) is 15.2. The average molecular weight is 615 g/mol. The summed E-state index contributed by atoms with van der Waals surface area (Å²) in [5.41, 5.74) is 0.485. The van der Waals surface area contributed by atoms with Crippen molar-refractivity contribution in [2.75, 3.05) is 18.1 Å². The molecule has 10 heteroatoms. The highest BCUT2D eigenvalue weighted by molar-refractivity contribution is 7.99. The van der Waals surface area contributed by atoms with Crippen molar-refractivity contribution in [1.82, 2.24) is 20.9 Å². The smallest absolute Gasteiger partial charge is 0.253 e. The van der Waals surface area contributed by atoms with E-state index < -0.39 is 47.4 Å². The first-order valence-corrected chi connectivity index (χ1v) is 16.3. The summed E-state index contributed by atoms with van der Waals surface area (Å²) in [5.74, 6) is -0.837. The number of carbonyl (C=O) groups is 3. The molecule has 5 N–H and O–H groups in total. The minimum atomic E-state index is -1.47. The molecule has 1 aromatic heterocycles. The van der Waals surface area contributed by atoms with Crippen LogP contribution in [-0.4, -0.2) is 75.3 Å². The highest BCUT2D eigenvalue weighted by Crippen LogP contribution is 2.31. The Hall–Kier alpha value is -2.95. The number of amides is 3. The van der Waals surface area contributed by atoms with Gasteiger partial charge in [-0.3, -0.25) is 19.4 Å². The number of nitrogens with zero attached hydrogens (tertiary/aromatic N) is 1. The molecule has 0 aliphatic heterocycles. The number of rotatable bonds is 17. The molecule has 3 amide bonds. The van der Waals surface area contributed by atoms with Crippen LogP contribution in [0.25, 0.3) is 0 Å². The van der Waals surface area contributed by atoms with Crippen molar-refractivity contribution in [3.05, 3.63) is 66.0 Å². The van der Waals surface area contributed by atoms with Crippen LogP contribution >= 0.6 is 11.8 Å². The minimum Gasteiger partial charge on any atom is -0.389 e. The van der Waals surface area contributed by atoms with Crippen molar-refractivity contribution in [3.63, 3.8) is 0 Å². The van der Waals surface area contributed by atoms with Crippen LogP contribution in [0.3, 0.4) is 0 Å². The summed E-state index contributed by atoms with van der Waals surface area (Å²) in [6.45, 7) is 12.0. The molecule has 0 bridgehead atoms. The van der Waals surface area contributed by atoms with Gasteiger partial charge in [0.2, 0.25) is 11.8 Å². The summed E-state index contributed by atoms with van der Waals surface area (Å²) < 4.78 is 0. The molecule has 2 aromatic rings. The third-order valence-corrected chi connectivity index (χ3v) is 8.25. The maximum atomic E-state index is 13.8. The second-order valence-electron chi connectivity index (χ2n) is 12.5. The zero-order valence-electron chi connectivity index (χ0n) is 26.4. The first-order valence-electron chi connectivity index (χ1n) is 15.1. The van der Waals surface area contributed by atoms with Crippen molar-refractivity contribution >= 4 is 29.5 Å². The fraction of sp³-hybridized carbons (Fsp3) is 0.576. The zero-order chi connectivity index (χ0) is 32.0. The van der Waals surface area contributed by atoms with E-state index in [1.807, 2.05) is 65.0 Å². The van der Waals surface area contributed by atoms with Crippen LogP contribution in [0.4, 0.5) is 0 Å². The van der Waals surface area contributed by atoms with Crippen LogP contribution in [0.1, 0.15) is 70.3 Å². The van der Waals surface area contributed by atoms with E-state index in [-0.39, 0.29) is 18.2 Å². The van der Waals surface area contributed by atoms with E-state index in [1.54, 1.807) is 30.1 Å². The second-order valence-corrected chi connectivity index (χ2v) is 13.6. The maximum absolute atomic E-state index is 13.8. The molecule has 238 valence electrons. The van der Waals surface area contributed by atoms with E-state index >= 15 is 0 Å². The molecule has 43 heavy (non-hydrogen) atoms. The van der Waals surface area contributed by atoms with E-state index in [0.29, 0.717) is 17.9 Å². The largest absolute Gasteiger partial charge is 0.389 e. The lowest BCUT2D eigenvalue weighted by molar-refractivity contribution is -0.140. The molecule has 2 rings (SSSR count). The van der Waals surface area contributed by atoms with Crippen LogP contribution in [0.15, 0.2) is 54.9 Å². The van der Waals surface area contributed by atoms with Crippen molar-refractivity contribution in [2.24, 2.45) is 17.3 Å². The standard InChI is InChI=1S/C33H50N4O5S/c1-7-8-17-43-21-26(37-30(40)24-15-12-16-34-20-24)31(41)36-25(18-23-13-10-9-11-14-23)28(38)29(39)27(33(4,5)6)32(42)35-19-22(2)3/h9-16,20,22,25-29,38-39H,7-8,17-19,21H2,1-6H3,(H,35,42)(H,36,41)(H,37,40)/t25-,26?,27+,28+,29+/m0/s1. The SMILES string of the molecule is CCCCSCC(NC(=O)c1cccnc1)C(=O)N[C@@H](Cc1ccccc1)[C@@H](O)[C@H](O)[C@H](C(=O)NCC(C)C)C(C)(C)C. The summed E-state index contributed by atoms with van der Waals surface area (Å²) in [6.07, 6.45) is 2.25. The Morgan fingerprint density at radius 1 is 0.953 bits per heavy atom. The first-order chi connectivity index (χ1) is 20.3. The van der Waals surface area contributed by atoms with Gasteiger partial charge in [-0.05, 0) is 47.6 Å². The Morgan fingerprint density at radius 3 is 2.23 bits per heavy atom. The van der Waals surface area contributed by atoms with Crippen molar-refractivity contribution in [1.29, 1.82) is 0 Å². The molecule has 0 saturated carbocycles. The maximum Gasteiger partial charge on any atom is 0.253 e. The third-order valence-electron chi connectivity index (χ3n) is 7.10. The Morgan fingerprint density at radius 2 is 1.65 bits per heavy atom. The van der Waals surface area contributed by atoms with Crippen molar-refractivity contribution in [2.45, 2.75) is 85.1 Å². The van der Waals surface area contributed by atoms with Gasteiger partial charge >= 0.3 is 0 Å². The number of unbranched alkanes of at least 4 members (excludes halogenated alkanes) is 1. The van der Waals surface area contributed by atoms with Crippen LogP contribution in [0, 0.1) is 17.3 Å². The summed E-state index contributed by atoms with van der Waals surface area (Å²) >= 11 is 1.56. The lowest BCUT2D eigenvalue weighted by Crippen LogP contribution is -2.59. The number of benzene rings is 1. The molecular formula is C33H50N4O5S. The molecule has 0 fully saturated rings. The number of hydrogen-bond donors (Lipinski definition) is 5. The summed E-state index contributed by atoms with van der Waals surface area (Å²) in [5, 5.41) is 31.7. The lowest BCUT2D eigenvalue weighted by Gasteiger charge is -2.38. The summed E-state index contributed by atoms with van der Waals surface area (Å²) in [6, 6.07) is 10.8. The summed E-state index contributed by atoms with van der Waals surface area (Å²) in [4.78, 5) is 44.0. The number of carbonyl (C=O) groups excluding carboxylic acids is 3. The average Bonchev–Trinajstić information content (AvgIpc) is 2.97. The normalized spacial score (nSPS) is 15.2. The molecule has 0 saturated heterocycles. The van der Waals surface area contributed by atoms with E-state index in [0.717, 1.165) is 24.2 Å². The van der Waals surface area contributed by atoms with Gasteiger partial charge < -0.3 is 26.2 Å². The van der Waals surface area contributed by atoms with Gasteiger partial charge in [-0.25, -0.2) is 0 Å². The van der Waals surface area contributed by atoms with Crippen molar-refractivity contribution in [3.8, 4) is 0 Å². The molecular weight excluding hydrogens is 564 g/mol. The third kappa shape index (κ3) is 12.3. The highest BCUT2D eigenvalue weighted by Gasteiger charge is 2.43. The van der Waals surface area contributed by atoms with E-state index in [4.69, 9.17) is 0 Å². The number of aliphatic hydroxyl groups excluding tert-OH is 2. The van der Waals surface area contributed by atoms with Gasteiger partial charge in [0.1, 0.15) is 12.1 Å². The minimum absolute atomic E-state index is 0.210. The van der Waals surface area contributed by atoms with Gasteiger partial charge in [-0.1, -0.05) is 78.3 Å². The first kappa shape index (κ1) is 36.2. The quantitative estimate of drug-likeness (QED) is 0.172. The number of nitrogens with one attached hydrogen (secondary N) is 3. The van der Waals surface area contributed by atoms with Crippen molar-refractivity contribution < 1.29 is 24.6 Å². The molecule has 0 aliphatic carbocycles. The molecule has 1 unspecified atom stereocenters. The molecule has 1 heterocycles. The molecule has 9 nitrogen and oxygen atoms in total. The molecule has 5 atom stereocenters.